The minimum absolute atomic E-state index is 0.123. The van der Waals surface area contributed by atoms with E-state index >= 15 is 0 Å². The zero-order valence-electron chi connectivity index (χ0n) is 15.3. The molecule has 0 bridgehead atoms. The van der Waals surface area contributed by atoms with Crippen molar-refractivity contribution in [2.45, 2.75) is 71.8 Å². The van der Waals surface area contributed by atoms with Crippen molar-refractivity contribution in [3.63, 3.8) is 0 Å². The molecule has 2 aromatic rings. The van der Waals surface area contributed by atoms with Crippen molar-refractivity contribution in [1.29, 1.82) is 0 Å². The summed E-state index contributed by atoms with van der Waals surface area (Å²) < 4.78 is 5.35. The number of rotatable bonds is 7. The molecule has 0 saturated carbocycles. The van der Waals surface area contributed by atoms with Gasteiger partial charge in [-0.3, -0.25) is 4.79 Å². The monoisotopic (exact) mass is 328 g/mol. The van der Waals surface area contributed by atoms with Gasteiger partial charge in [-0.1, -0.05) is 25.1 Å². The third-order valence-electron chi connectivity index (χ3n) is 3.67. The van der Waals surface area contributed by atoms with Gasteiger partial charge in [0.1, 0.15) is 11.4 Å². The van der Waals surface area contributed by atoms with Gasteiger partial charge in [0.15, 0.2) is 0 Å². The Labute approximate surface area is 144 Å². The second-order valence-corrected chi connectivity index (χ2v) is 7.15. The molecule has 0 aliphatic heterocycles. The average Bonchev–Trinajstić information content (AvgIpc) is 2.50. The van der Waals surface area contributed by atoms with E-state index in [2.05, 4.69) is 18.0 Å². The van der Waals surface area contributed by atoms with E-state index in [9.17, 15) is 4.79 Å². The molecule has 0 spiro atoms. The van der Waals surface area contributed by atoms with Crippen LogP contribution in [0.15, 0.2) is 24.3 Å². The standard InChI is InChI=1S/C20H28N2O2/c1-5-10-18-21-16-12-7-6-11-15(16)17(22-18)13-8-9-14-19(23)24-20(2,3)4/h6-7,11-12H,5,8-10,13-14H2,1-4H3. The quantitative estimate of drug-likeness (QED) is 0.549. The number of para-hydroxylation sites is 1. The molecule has 0 radical (unpaired) electrons. The van der Waals surface area contributed by atoms with Crippen molar-refractivity contribution < 1.29 is 9.53 Å². The Hall–Kier alpha value is -1.97. The highest BCUT2D eigenvalue weighted by Gasteiger charge is 2.15. The zero-order chi connectivity index (χ0) is 17.6. The van der Waals surface area contributed by atoms with Gasteiger partial charge < -0.3 is 4.74 Å². The van der Waals surface area contributed by atoms with Gasteiger partial charge >= 0.3 is 5.97 Å². The number of hydrogen-bond donors (Lipinski definition) is 0. The average molecular weight is 328 g/mol. The maximum absolute atomic E-state index is 11.8. The fourth-order valence-corrected chi connectivity index (χ4v) is 2.68. The molecule has 1 aromatic heterocycles. The highest BCUT2D eigenvalue weighted by atomic mass is 16.6. The molecule has 4 heteroatoms. The lowest BCUT2D eigenvalue weighted by molar-refractivity contribution is -0.154. The molecule has 4 nitrogen and oxygen atoms in total. The number of unbranched alkanes of at least 4 members (excludes halogenated alkanes) is 1. The van der Waals surface area contributed by atoms with E-state index in [-0.39, 0.29) is 5.97 Å². The number of fused-ring (bicyclic) bond motifs is 1. The van der Waals surface area contributed by atoms with Crippen LogP contribution in [0.4, 0.5) is 0 Å². The number of aromatic nitrogens is 2. The summed E-state index contributed by atoms with van der Waals surface area (Å²) in [6.45, 7) is 7.83. The van der Waals surface area contributed by atoms with Crippen LogP contribution in [0.1, 0.15) is 64.9 Å². The number of ether oxygens (including phenoxy) is 1. The summed E-state index contributed by atoms with van der Waals surface area (Å²) in [5.41, 5.74) is 1.70. The van der Waals surface area contributed by atoms with Crippen LogP contribution in [0, 0.1) is 0 Å². The molecule has 0 unspecified atom stereocenters. The normalized spacial score (nSPS) is 11.7. The summed E-state index contributed by atoms with van der Waals surface area (Å²) in [6, 6.07) is 8.15. The fourth-order valence-electron chi connectivity index (χ4n) is 2.68. The molecule has 0 aliphatic rings. The van der Waals surface area contributed by atoms with E-state index < -0.39 is 5.60 Å². The van der Waals surface area contributed by atoms with Crippen LogP contribution in [-0.2, 0) is 22.4 Å². The molecule has 1 aromatic carbocycles. The number of carbonyl (C=O) groups excluding carboxylic acids is 1. The summed E-state index contributed by atoms with van der Waals surface area (Å²) in [7, 11) is 0. The van der Waals surface area contributed by atoms with Crippen LogP contribution < -0.4 is 0 Å². The maximum Gasteiger partial charge on any atom is 0.306 e. The predicted octanol–water partition coefficient (Wildman–Crippen LogP) is 4.64. The van der Waals surface area contributed by atoms with E-state index in [4.69, 9.17) is 9.72 Å². The number of carbonyl (C=O) groups is 1. The molecule has 0 atom stereocenters. The summed E-state index contributed by atoms with van der Waals surface area (Å²) >= 11 is 0. The van der Waals surface area contributed by atoms with Gasteiger partial charge in [0.2, 0.25) is 0 Å². The molecule has 0 amide bonds. The van der Waals surface area contributed by atoms with Crippen molar-refractivity contribution in [2.75, 3.05) is 0 Å². The predicted molar refractivity (Wildman–Crippen MR) is 96.9 cm³/mol. The van der Waals surface area contributed by atoms with Gasteiger partial charge in [-0.05, 0) is 52.5 Å². The number of aryl methyl sites for hydroxylation is 2. The fraction of sp³-hybridized carbons (Fsp3) is 0.550. The number of esters is 1. The molecular formula is C20H28N2O2. The minimum atomic E-state index is -0.408. The smallest absolute Gasteiger partial charge is 0.306 e. The summed E-state index contributed by atoms with van der Waals surface area (Å²) in [5, 5.41) is 1.12. The van der Waals surface area contributed by atoms with Crippen molar-refractivity contribution in [3.05, 3.63) is 35.8 Å². The van der Waals surface area contributed by atoms with Crippen molar-refractivity contribution in [1.82, 2.24) is 9.97 Å². The third-order valence-corrected chi connectivity index (χ3v) is 3.67. The van der Waals surface area contributed by atoms with Crippen LogP contribution in [-0.4, -0.2) is 21.5 Å². The Morgan fingerprint density at radius 1 is 1.08 bits per heavy atom. The zero-order valence-corrected chi connectivity index (χ0v) is 15.3. The molecule has 0 N–H and O–H groups in total. The second kappa shape index (κ2) is 8.22. The Kier molecular flexibility index (Phi) is 6.29. The van der Waals surface area contributed by atoms with Gasteiger partial charge in [0, 0.05) is 18.2 Å². The Bertz CT molecular complexity index is 690. The van der Waals surface area contributed by atoms with Crippen molar-refractivity contribution >= 4 is 16.9 Å². The summed E-state index contributed by atoms with van der Waals surface area (Å²) in [4.78, 5) is 21.2. The maximum atomic E-state index is 11.8. The number of hydrogen-bond acceptors (Lipinski definition) is 4. The van der Waals surface area contributed by atoms with Crippen molar-refractivity contribution in [2.24, 2.45) is 0 Å². The van der Waals surface area contributed by atoms with Gasteiger partial charge in [-0.25, -0.2) is 9.97 Å². The third kappa shape index (κ3) is 5.59. The molecule has 0 saturated heterocycles. The first-order chi connectivity index (χ1) is 11.4. The lowest BCUT2D eigenvalue weighted by Crippen LogP contribution is -2.23. The van der Waals surface area contributed by atoms with E-state index in [0.29, 0.717) is 6.42 Å². The second-order valence-electron chi connectivity index (χ2n) is 7.15. The largest absolute Gasteiger partial charge is 0.460 e. The summed E-state index contributed by atoms with van der Waals surface area (Å²) in [5.74, 6) is 0.792. The highest BCUT2D eigenvalue weighted by Crippen LogP contribution is 2.19. The van der Waals surface area contributed by atoms with Gasteiger partial charge in [-0.2, -0.15) is 0 Å². The molecule has 0 fully saturated rings. The SMILES string of the molecule is CCCc1nc(CCCCC(=O)OC(C)(C)C)c2ccccc2n1. The van der Waals surface area contributed by atoms with E-state index in [1.165, 1.54) is 0 Å². The summed E-state index contributed by atoms with van der Waals surface area (Å²) in [6.07, 6.45) is 5.00. The van der Waals surface area contributed by atoms with E-state index in [1.54, 1.807) is 0 Å². The van der Waals surface area contributed by atoms with Gasteiger partial charge in [-0.15, -0.1) is 0 Å². The van der Waals surface area contributed by atoms with E-state index in [1.807, 2.05) is 39.0 Å². The van der Waals surface area contributed by atoms with E-state index in [0.717, 1.165) is 54.5 Å². The van der Waals surface area contributed by atoms with Crippen LogP contribution in [0.2, 0.25) is 0 Å². The van der Waals surface area contributed by atoms with Crippen LogP contribution in [0.25, 0.3) is 10.9 Å². The Balaban J connectivity index is 1.98. The van der Waals surface area contributed by atoms with Gasteiger partial charge in [0.25, 0.3) is 0 Å². The van der Waals surface area contributed by atoms with Crippen LogP contribution in [0.5, 0.6) is 0 Å². The minimum Gasteiger partial charge on any atom is -0.460 e. The molecule has 24 heavy (non-hydrogen) atoms. The molecule has 0 aliphatic carbocycles. The molecular weight excluding hydrogens is 300 g/mol. The number of nitrogens with zero attached hydrogens (tertiary/aromatic N) is 2. The molecule has 130 valence electrons. The first-order valence-corrected chi connectivity index (χ1v) is 8.85. The molecule has 2 rings (SSSR count). The first-order valence-electron chi connectivity index (χ1n) is 8.85. The molecule has 1 heterocycles. The Morgan fingerprint density at radius 2 is 1.83 bits per heavy atom. The van der Waals surface area contributed by atoms with Crippen LogP contribution in [0.3, 0.4) is 0 Å². The van der Waals surface area contributed by atoms with Crippen LogP contribution >= 0.6 is 0 Å². The Morgan fingerprint density at radius 3 is 2.54 bits per heavy atom. The lowest BCUT2D eigenvalue weighted by Gasteiger charge is -2.19. The van der Waals surface area contributed by atoms with Gasteiger partial charge in [0.05, 0.1) is 11.2 Å². The van der Waals surface area contributed by atoms with Crippen molar-refractivity contribution in [3.8, 4) is 0 Å². The lowest BCUT2D eigenvalue weighted by atomic mass is 10.1. The first kappa shape index (κ1) is 18.4. The highest BCUT2D eigenvalue weighted by molar-refractivity contribution is 5.80. The topological polar surface area (TPSA) is 52.1 Å². The number of benzene rings is 1.